The van der Waals surface area contributed by atoms with Crippen molar-refractivity contribution in [3.05, 3.63) is 65.9 Å². The van der Waals surface area contributed by atoms with E-state index in [9.17, 15) is 9.11 Å². The fraction of sp³-hybridized carbons (Fsp3) is 0.400. The Hall–Kier alpha value is -2.32. The minimum atomic E-state index is -2.63. The lowest BCUT2D eigenvalue weighted by atomic mass is 10.1. The van der Waals surface area contributed by atoms with Gasteiger partial charge in [-0.2, -0.15) is 0 Å². The fourth-order valence-electron chi connectivity index (χ4n) is 4.84. The van der Waals surface area contributed by atoms with Gasteiger partial charge >= 0.3 is 0 Å². The molecule has 6 nitrogen and oxygen atoms in total. The lowest BCUT2D eigenvalue weighted by Gasteiger charge is -2.38. The van der Waals surface area contributed by atoms with Crippen LogP contribution >= 0.6 is 10.8 Å². The van der Waals surface area contributed by atoms with Gasteiger partial charge in [-0.15, -0.1) is 10.8 Å². The highest BCUT2D eigenvalue weighted by Crippen LogP contribution is 2.50. The molecule has 2 fully saturated rings. The smallest absolute Gasteiger partial charge is 0.0726 e. The van der Waals surface area contributed by atoms with E-state index >= 15 is 0 Å². The predicted molar refractivity (Wildman–Crippen MR) is 135 cm³/mol. The van der Waals surface area contributed by atoms with E-state index in [-0.39, 0.29) is 0 Å². The highest BCUT2D eigenvalue weighted by molar-refractivity contribution is 8.25. The number of rotatable bonds is 5. The molecule has 2 aromatic carbocycles. The van der Waals surface area contributed by atoms with Crippen molar-refractivity contribution in [2.45, 2.75) is 19.8 Å². The van der Waals surface area contributed by atoms with Gasteiger partial charge in [0.05, 0.1) is 17.0 Å². The molecular weight excluding hydrogens is 420 g/mol. The van der Waals surface area contributed by atoms with Gasteiger partial charge in [0.2, 0.25) is 0 Å². The van der Waals surface area contributed by atoms with Gasteiger partial charge in [0.1, 0.15) is 0 Å². The molecule has 7 heteroatoms. The van der Waals surface area contributed by atoms with E-state index in [1.807, 2.05) is 19.1 Å². The number of nitrogens with zero attached hydrogens (tertiary/aromatic N) is 4. The maximum Gasteiger partial charge on any atom is 0.0726 e. The number of hydrogen-bond acceptors (Lipinski definition) is 6. The van der Waals surface area contributed by atoms with Crippen LogP contribution in [0, 0.1) is 6.92 Å². The summed E-state index contributed by atoms with van der Waals surface area (Å²) >= 11 is 0. The van der Waals surface area contributed by atoms with Crippen molar-refractivity contribution < 1.29 is 9.11 Å². The van der Waals surface area contributed by atoms with E-state index in [0.29, 0.717) is 5.75 Å². The van der Waals surface area contributed by atoms with E-state index in [1.165, 1.54) is 16.6 Å². The number of fused-ring (bicyclic) bond motifs is 1. The second-order valence-electron chi connectivity index (χ2n) is 8.84. The minimum Gasteiger partial charge on any atom is -0.368 e. The fourth-order valence-corrected chi connectivity index (χ4v) is 6.45. The third-order valence-corrected chi connectivity index (χ3v) is 8.54. The Balaban J connectivity index is 1.19. The number of piperazine rings is 1. The van der Waals surface area contributed by atoms with E-state index in [2.05, 4.69) is 57.2 Å². The molecule has 2 N–H and O–H groups in total. The molecule has 2 saturated heterocycles. The van der Waals surface area contributed by atoms with E-state index < -0.39 is 10.8 Å². The van der Waals surface area contributed by atoms with Crippen molar-refractivity contribution >= 4 is 33.1 Å². The zero-order valence-electron chi connectivity index (χ0n) is 18.7. The van der Waals surface area contributed by atoms with Gasteiger partial charge in [0, 0.05) is 56.0 Å². The number of aryl methyl sites for hydroxylation is 1. The van der Waals surface area contributed by atoms with Crippen LogP contribution < -0.4 is 9.21 Å². The molecule has 3 aromatic rings. The van der Waals surface area contributed by atoms with Crippen LogP contribution in [-0.2, 0) is 6.42 Å². The Morgan fingerprint density at radius 3 is 2.53 bits per heavy atom. The Bertz CT molecular complexity index is 1100. The van der Waals surface area contributed by atoms with Crippen LogP contribution in [0.2, 0.25) is 0 Å². The highest BCUT2D eigenvalue weighted by Gasteiger charge is 2.29. The molecule has 0 atom stereocenters. The summed E-state index contributed by atoms with van der Waals surface area (Å²) < 4.78 is 22.3. The third kappa shape index (κ3) is 4.43. The minimum absolute atomic E-state index is 0.480. The highest BCUT2D eigenvalue weighted by atomic mass is 32.3. The summed E-state index contributed by atoms with van der Waals surface area (Å²) in [6.07, 6.45) is 1.81. The van der Waals surface area contributed by atoms with Gasteiger partial charge in [0.15, 0.2) is 0 Å². The van der Waals surface area contributed by atoms with Crippen LogP contribution in [0.25, 0.3) is 10.9 Å². The van der Waals surface area contributed by atoms with Gasteiger partial charge in [-0.05, 0) is 61.7 Å². The Kier molecular flexibility index (Phi) is 5.99. The molecule has 32 heavy (non-hydrogen) atoms. The summed E-state index contributed by atoms with van der Waals surface area (Å²) in [7, 11) is -2.63. The van der Waals surface area contributed by atoms with Crippen molar-refractivity contribution in [3.8, 4) is 0 Å². The maximum absolute atomic E-state index is 10.3. The van der Waals surface area contributed by atoms with Crippen molar-refractivity contribution in [1.29, 1.82) is 0 Å². The van der Waals surface area contributed by atoms with Crippen LogP contribution in [0.15, 0.2) is 54.6 Å². The van der Waals surface area contributed by atoms with Gasteiger partial charge in [-0.3, -0.25) is 23.3 Å². The van der Waals surface area contributed by atoms with E-state index in [1.54, 1.807) is 4.31 Å². The van der Waals surface area contributed by atoms with Crippen LogP contribution in [0.5, 0.6) is 0 Å². The summed E-state index contributed by atoms with van der Waals surface area (Å²) in [6, 6.07) is 19.0. The first kappa shape index (κ1) is 21.5. The monoisotopic (exact) mass is 452 g/mol. The number of hydrogen-bond donors (Lipinski definition) is 2. The van der Waals surface area contributed by atoms with Crippen molar-refractivity contribution in [3.63, 3.8) is 0 Å². The second kappa shape index (κ2) is 8.90. The molecule has 2 aliphatic heterocycles. The lowest BCUT2D eigenvalue weighted by Crippen LogP contribution is -2.47. The number of pyridine rings is 1. The quantitative estimate of drug-likeness (QED) is 0.581. The van der Waals surface area contributed by atoms with Crippen molar-refractivity contribution in [1.82, 2.24) is 9.88 Å². The Labute approximate surface area is 192 Å². The van der Waals surface area contributed by atoms with Crippen molar-refractivity contribution in [2.75, 3.05) is 54.2 Å². The normalized spacial score (nSPS) is 20.1. The number of anilines is 2. The summed E-state index contributed by atoms with van der Waals surface area (Å²) in [5, 5.41) is 1.23. The lowest BCUT2D eigenvalue weighted by molar-refractivity contribution is 0.261. The summed E-state index contributed by atoms with van der Waals surface area (Å²) in [4.78, 5) is 9.69. The Morgan fingerprint density at radius 1 is 0.938 bits per heavy atom. The van der Waals surface area contributed by atoms with Crippen molar-refractivity contribution in [2.24, 2.45) is 0 Å². The first-order chi connectivity index (χ1) is 15.5. The molecule has 1 aromatic heterocycles. The predicted octanol–water partition coefficient (Wildman–Crippen LogP) is 4.78. The summed E-state index contributed by atoms with van der Waals surface area (Å²) in [5.74, 6) is 0.480. The molecule has 0 bridgehead atoms. The summed E-state index contributed by atoms with van der Waals surface area (Å²) in [6.45, 7) is 7.89. The van der Waals surface area contributed by atoms with E-state index in [0.717, 1.165) is 69.0 Å². The first-order valence-corrected chi connectivity index (χ1v) is 13.1. The molecule has 5 rings (SSSR count). The van der Waals surface area contributed by atoms with Crippen LogP contribution in [0.4, 0.5) is 11.4 Å². The molecule has 0 unspecified atom stereocenters. The summed E-state index contributed by atoms with van der Waals surface area (Å²) in [5.41, 5.74) is 5.59. The molecule has 2 aliphatic rings. The number of benzene rings is 2. The molecule has 0 spiro atoms. The van der Waals surface area contributed by atoms with Gasteiger partial charge < -0.3 is 4.90 Å². The molecule has 0 amide bonds. The molecule has 3 heterocycles. The molecular formula is C25H32N4O2S. The zero-order valence-corrected chi connectivity index (χ0v) is 19.5. The van der Waals surface area contributed by atoms with Gasteiger partial charge in [-0.1, -0.05) is 18.2 Å². The molecule has 0 radical (unpaired) electrons. The molecule has 0 aliphatic carbocycles. The topological polar surface area (TPSA) is 63.1 Å². The first-order valence-electron chi connectivity index (χ1n) is 11.5. The van der Waals surface area contributed by atoms with Crippen LogP contribution in [0.1, 0.15) is 17.7 Å². The van der Waals surface area contributed by atoms with Gasteiger partial charge in [-0.25, -0.2) is 0 Å². The van der Waals surface area contributed by atoms with Crippen LogP contribution in [-0.4, -0.2) is 64.0 Å². The zero-order chi connectivity index (χ0) is 22.1. The Morgan fingerprint density at radius 2 is 1.75 bits per heavy atom. The van der Waals surface area contributed by atoms with Crippen LogP contribution in [0.3, 0.4) is 0 Å². The maximum atomic E-state index is 10.3. The van der Waals surface area contributed by atoms with E-state index in [4.69, 9.17) is 0 Å². The standard InChI is InChI=1S/C25H32N4O2S/c1-20-9-10-23-24(26-20)7-3-8-25(23)28-16-14-27(15-17-28)13-11-21-5-2-6-22(19-21)29-12-4-18-32(29,30)31/h2-3,5-10,19,30-31H,4,11-18H2,1H3. The second-order valence-corrected chi connectivity index (χ2v) is 11.0. The largest absolute Gasteiger partial charge is 0.368 e. The SMILES string of the molecule is Cc1ccc2c(N3CCN(CCc4cccc(N5CCCS5(O)O)c4)CC3)cccc2n1. The number of aromatic nitrogens is 1. The average Bonchev–Trinajstić information content (AvgIpc) is 3.16. The molecule has 170 valence electrons. The third-order valence-electron chi connectivity index (χ3n) is 6.61. The van der Waals surface area contributed by atoms with Gasteiger partial charge in [0.25, 0.3) is 0 Å². The average molecular weight is 453 g/mol. The molecule has 0 saturated carbocycles.